The van der Waals surface area contributed by atoms with Crippen LogP contribution in [0.3, 0.4) is 0 Å². The largest absolute Gasteiger partial charge is 0.478 e. The number of rotatable bonds is 5. The van der Waals surface area contributed by atoms with E-state index in [1.54, 1.807) is 12.1 Å². The minimum absolute atomic E-state index is 0.0599. The van der Waals surface area contributed by atoms with Crippen LogP contribution in [0.2, 0.25) is 0 Å². The van der Waals surface area contributed by atoms with E-state index in [0.29, 0.717) is 5.69 Å². The molecule has 7 nitrogen and oxygen atoms in total. The van der Waals surface area contributed by atoms with E-state index in [9.17, 15) is 18.3 Å². The highest BCUT2D eigenvalue weighted by molar-refractivity contribution is 7.92. The van der Waals surface area contributed by atoms with Crippen molar-refractivity contribution in [3.63, 3.8) is 0 Å². The van der Waals surface area contributed by atoms with E-state index in [0.717, 1.165) is 26.2 Å². The molecule has 0 amide bonds. The first-order chi connectivity index (χ1) is 10.3. The quantitative estimate of drug-likeness (QED) is 0.835. The molecule has 8 heteroatoms. The summed E-state index contributed by atoms with van der Waals surface area (Å²) >= 11 is 0. The van der Waals surface area contributed by atoms with Crippen LogP contribution in [0, 0.1) is 0 Å². The van der Waals surface area contributed by atoms with Gasteiger partial charge in [-0.05, 0) is 32.2 Å². The predicted octanol–water partition coefficient (Wildman–Crippen LogP) is 0.898. The summed E-state index contributed by atoms with van der Waals surface area (Å²) in [5, 5.41) is 9.41. The molecule has 1 saturated heterocycles. The number of hydrogen-bond acceptors (Lipinski definition) is 5. The van der Waals surface area contributed by atoms with Gasteiger partial charge in [0.05, 0.1) is 17.0 Å². The Labute approximate surface area is 130 Å². The average Bonchev–Trinajstić information content (AvgIpc) is 2.48. The zero-order valence-corrected chi connectivity index (χ0v) is 13.6. The van der Waals surface area contributed by atoms with E-state index in [4.69, 9.17) is 0 Å². The van der Waals surface area contributed by atoms with Crippen molar-refractivity contribution in [2.75, 3.05) is 48.6 Å². The highest BCUT2D eigenvalue weighted by Crippen LogP contribution is 2.26. The third-order valence-corrected chi connectivity index (χ3v) is 5.03. The van der Waals surface area contributed by atoms with E-state index in [1.807, 2.05) is 11.9 Å². The molecule has 0 aromatic heterocycles. The summed E-state index contributed by atoms with van der Waals surface area (Å²) in [5.74, 6) is -1.12. The lowest BCUT2D eigenvalue weighted by molar-refractivity contribution is 0.0697. The molecule has 0 spiro atoms. The first-order valence-corrected chi connectivity index (χ1v) is 8.79. The number of anilines is 2. The van der Waals surface area contributed by atoms with Crippen molar-refractivity contribution in [1.29, 1.82) is 0 Å². The van der Waals surface area contributed by atoms with Crippen molar-refractivity contribution in [3.8, 4) is 0 Å². The van der Waals surface area contributed by atoms with Crippen molar-refractivity contribution in [3.05, 3.63) is 23.8 Å². The highest BCUT2D eigenvalue weighted by Gasteiger charge is 2.21. The zero-order chi connectivity index (χ0) is 16.3. The van der Waals surface area contributed by atoms with Gasteiger partial charge in [-0.2, -0.15) is 0 Å². The molecule has 0 radical (unpaired) electrons. The molecule has 0 atom stereocenters. The van der Waals surface area contributed by atoms with Gasteiger partial charge >= 0.3 is 5.97 Å². The van der Waals surface area contributed by atoms with Crippen molar-refractivity contribution in [2.24, 2.45) is 0 Å². The van der Waals surface area contributed by atoms with Gasteiger partial charge in [0.1, 0.15) is 0 Å². The Bertz CT molecular complexity index is 652. The SMILES string of the molecule is CCS(=O)(=O)Nc1ccc(N2CCN(C)CC2)c(C(=O)O)c1. The Kier molecular flexibility index (Phi) is 4.92. The predicted molar refractivity (Wildman–Crippen MR) is 86.2 cm³/mol. The number of carboxylic acids is 1. The first kappa shape index (κ1) is 16.6. The fourth-order valence-electron chi connectivity index (χ4n) is 2.35. The molecule has 0 aliphatic carbocycles. The second-order valence-corrected chi connectivity index (χ2v) is 7.34. The maximum atomic E-state index is 11.6. The van der Waals surface area contributed by atoms with Gasteiger partial charge in [0.15, 0.2) is 0 Å². The number of sulfonamides is 1. The van der Waals surface area contributed by atoms with Gasteiger partial charge in [0, 0.05) is 31.9 Å². The van der Waals surface area contributed by atoms with Crippen molar-refractivity contribution >= 4 is 27.4 Å². The van der Waals surface area contributed by atoms with Crippen LogP contribution in [0.1, 0.15) is 17.3 Å². The van der Waals surface area contributed by atoms with Gasteiger partial charge in [0.2, 0.25) is 10.0 Å². The summed E-state index contributed by atoms with van der Waals surface area (Å²) in [6, 6.07) is 4.65. The van der Waals surface area contributed by atoms with E-state index in [2.05, 4.69) is 9.62 Å². The van der Waals surface area contributed by atoms with Gasteiger partial charge in [-0.25, -0.2) is 13.2 Å². The Balaban J connectivity index is 2.30. The number of likely N-dealkylation sites (N-methyl/N-ethyl adjacent to an activating group) is 1. The van der Waals surface area contributed by atoms with E-state index < -0.39 is 16.0 Å². The van der Waals surface area contributed by atoms with E-state index in [1.165, 1.54) is 13.0 Å². The second kappa shape index (κ2) is 6.53. The summed E-state index contributed by atoms with van der Waals surface area (Å²) in [4.78, 5) is 15.7. The number of carboxylic acid groups (broad SMARTS) is 1. The number of aromatic carboxylic acids is 1. The molecule has 0 bridgehead atoms. The molecule has 1 aliphatic heterocycles. The number of piperazine rings is 1. The zero-order valence-electron chi connectivity index (χ0n) is 12.7. The lowest BCUT2D eigenvalue weighted by atomic mass is 10.1. The summed E-state index contributed by atoms with van der Waals surface area (Å²) in [5.41, 5.74) is 1.01. The van der Waals surface area contributed by atoms with Crippen LogP contribution in [0.4, 0.5) is 11.4 Å². The van der Waals surface area contributed by atoms with Crippen molar-refractivity contribution in [1.82, 2.24) is 4.90 Å². The molecular weight excluding hydrogens is 306 g/mol. The molecule has 1 aromatic carbocycles. The molecular formula is C14H21N3O4S. The third-order valence-electron chi connectivity index (χ3n) is 3.72. The summed E-state index contributed by atoms with van der Waals surface area (Å²) in [7, 11) is -1.40. The smallest absolute Gasteiger partial charge is 0.337 e. The van der Waals surface area contributed by atoms with Crippen LogP contribution < -0.4 is 9.62 Å². The Morgan fingerprint density at radius 2 is 1.91 bits per heavy atom. The molecule has 1 aliphatic rings. The molecule has 2 rings (SSSR count). The highest BCUT2D eigenvalue weighted by atomic mass is 32.2. The van der Waals surface area contributed by atoms with Gasteiger partial charge in [0.25, 0.3) is 0 Å². The standard InChI is InChI=1S/C14H21N3O4S/c1-3-22(20,21)15-11-4-5-13(12(10-11)14(18)19)17-8-6-16(2)7-9-17/h4-5,10,15H,3,6-9H2,1-2H3,(H,18,19). The van der Waals surface area contributed by atoms with Gasteiger partial charge in [-0.15, -0.1) is 0 Å². The minimum Gasteiger partial charge on any atom is -0.478 e. The van der Waals surface area contributed by atoms with Crippen LogP contribution in [0.15, 0.2) is 18.2 Å². The molecule has 122 valence electrons. The first-order valence-electron chi connectivity index (χ1n) is 7.13. The Hall–Kier alpha value is -1.80. The normalized spacial score (nSPS) is 16.5. The molecule has 1 aromatic rings. The monoisotopic (exact) mass is 327 g/mol. The third kappa shape index (κ3) is 3.89. The number of benzene rings is 1. The number of carbonyl (C=O) groups is 1. The average molecular weight is 327 g/mol. The van der Waals surface area contributed by atoms with Crippen LogP contribution in [-0.4, -0.2) is 63.4 Å². The van der Waals surface area contributed by atoms with Gasteiger partial charge in [-0.3, -0.25) is 4.72 Å². The Morgan fingerprint density at radius 3 is 2.45 bits per heavy atom. The molecule has 1 heterocycles. The fraction of sp³-hybridized carbons (Fsp3) is 0.500. The molecule has 0 saturated carbocycles. The molecule has 2 N–H and O–H groups in total. The maximum Gasteiger partial charge on any atom is 0.337 e. The van der Waals surface area contributed by atoms with Crippen LogP contribution in [-0.2, 0) is 10.0 Å². The molecule has 22 heavy (non-hydrogen) atoms. The van der Waals surface area contributed by atoms with Gasteiger partial charge < -0.3 is 14.9 Å². The lowest BCUT2D eigenvalue weighted by Gasteiger charge is -2.34. The topological polar surface area (TPSA) is 90.0 Å². The Morgan fingerprint density at radius 1 is 1.27 bits per heavy atom. The second-order valence-electron chi connectivity index (χ2n) is 5.33. The molecule has 1 fully saturated rings. The lowest BCUT2D eigenvalue weighted by Crippen LogP contribution is -2.45. The molecule has 0 unspecified atom stereocenters. The maximum absolute atomic E-state index is 11.6. The van der Waals surface area contributed by atoms with Crippen LogP contribution >= 0.6 is 0 Å². The summed E-state index contributed by atoms with van der Waals surface area (Å²) < 4.78 is 25.6. The summed E-state index contributed by atoms with van der Waals surface area (Å²) in [6.45, 7) is 4.75. The van der Waals surface area contributed by atoms with Crippen LogP contribution in [0.25, 0.3) is 0 Å². The van der Waals surface area contributed by atoms with E-state index in [-0.39, 0.29) is 17.0 Å². The minimum atomic E-state index is -3.42. The van der Waals surface area contributed by atoms with Crippen molar-refractivity contribution < 1.29 is 18.3 Å². The van der Waals surface area contributed by atoms with Crippen molar-refractivity contribution in [2.45, 2.75) is 6.92 Å². The fourth-order valence-corrected chi connectivity index (χ4v) is 2.98. The summed E-state index contributed by atoms with van der Waals surface area (Å²) in [6.07, 6.45) is 0. The van der Waals surface area contributed by atoms with Gasteiger partial charge in [-0.1, -0.05) is 0 Å². The number of hydrogen-bond donors (Lipinski definition) is 2. The van der Waals surface area contributed by atoms with E-state index >= 15 is 0 Å². The number of nitrogens with one attached hydrogen (secondary N) is 1. The number of nitrogens with zero attached hydrogens (tertiary/aromatic N) is 2. The van der Waals surface area contributed by atoms with Crippen LogP contribution in [0.5, 0.6) is 0 Å².